The molecule has 0 atom stereocenters. The number of carbonyl (C=O) groups is 1. The summed E-state index contributed by atoms with van der Waals surface area (Å²) in [5.74, 6) is -0.328. The van der Waals surface area contributed by atoms with E-state index in [0.717, 1.165) is 0 Å². The molecule has 0 fully saturated rings. The lowest BCUT2D eigenvalue weighted by molar-refractivity contribution is -0.111. The van der Waals surface area contributed by atoms with Gasteiger partial charge in [0, 0.05) is 21.1 Å². The highest BCUT2D eigenvalue weighted by molar-refractivity contribution is 6.37. The Morgan fingerprint density at radius 2 is 1.52 bits per heavy atom. The largest absolute Gasteiger partial charge is 0.321 e. The number of nitrogens with one attached hydrogen (secondary N) is 1. The van der Waals surface area contributed by atoms with Gasteiger partial charge in [-0.1, -0.05) is 52.5 Å². The van der Waals surface area contributed by atoms with E-state index in [0.29, 0.717) is 31.3 Å². The minimum atomic E-state index is -0.328. The van der Waals surface area contributed by atoms with Gasteiger partial charge in [-0.3, -0.25) is 4.79 Å². The molecule has 0 aliphatic heterocycles. The number of carbonyl (C=O) groups excluding carboxylic acids is 1. The standard InChI is InChI=1S/C15H9Cl4NO/c16-10-3-1-9(12(18)7-10)2-6-15(21)20-14-5-4-11(17)8-13(14)19/h1-8H,(H,20,21)/b6-2+. The van der Waals surface area contributed by atoms with Gasteiger partial charge in [-0.15, -0.1) is 0 Å². The second-order valence-corrected chi connectivity index (χ2v) is 5.80. The summed E-state index contributed by atoms with van der Waals surface area (Å²) in [6, 6.07) is 9.86. The lowest BCUT2D eigenvalue weighted by atomic mass is 10.2. The van der Waals surface area contributed by atoms with Crippen LogP contribution in [0.5, 0.6) is 0 Å². The van der Waals surface area contributed by atoms with Crippen LogP contribution in [0.25, 0.3) is 6.08 Å². The van der Waals surface area contributed by atoms with Crippen LogP contribution in [0.15, 0.2) is 42.5 Å². The van der Waals surface area contributed by atoms with E-state index >= 15 is 0 Å². The first-order valence-corrected chi connectivity index (χ1v) is 7.36. The summed E-state index contributed by atoms with van der Waals surface area (Å²) >= 11 is 23.6. The molecule has 0 spiro atoms. The third-order valence-electron chi connectivity index (χ3n) is 2.57. The van der Waals surface area contributed by atoms with Gasteiger partial charge in [-0.05, 0) is 42.0 Å². The van der Waals surface area contributed by atoms with Gasteiger partial charge in [0.05, 0.1) is 10.7 Å². The Kier molecular flexibility index (Phi) is 5.54. The Balaban J connectivity index is 2.09. The average Bonchev–Trinajstić information content (AvgIpc) is 2.41. The quantitative estimate of drug-likeness (QED) is 0.673. The molecule has 0 aromatic heterocycles. The molecule has 2 rings (SSSR count). The first-order valence-electron chi connectivity index (χ1n) is 5.85. The molecule has 0 bridgehead atoms. The Morgan fingerprint density at radius 3 is 2.14 bits per heavy atom. The Morgan fingerprint density at radius 1 is 0.905 bits per heavy atom. The molecule has 2 nitrogen and oxygen atoms in total. The Bertz CT molecular complexity index is 713. The summed E-state index contributed by atoms with van der Waals surface area (Å²) in [6.07, 6.45) is 2.96. The highest BCUT2D eigenvalue weighted by Crippen LogP contribution is 2.25. The molecule has 0 saturated heterocycles. The smallest absolute Gasteiger partial charge is 0.248 e. The SMILES string of the molecule is O=C(/C=C/c1ccc(Cl)cc1Cl)Nc1ccc(Cl)cc1Cl. The zero-order valence-corrected chi connectivity index (χ0v) is 13.6. The van der Waals surface area contributed by atoms with E-state index in [-0.39, 0.29) is 5.91 Å². The fourth-order valence-corrected chi connectivity index (χ4v) is 2.49. The molecule has 0 unspecified atom stereocenters. The van der Waals surface area contributed by atoms with Crippen molar-refractivity contribution in [2.24, 2.45) is 0 Å². The molecule has 6 heteroatoms. The number of benzene rings is 2. The van der Waals surface area contributed by atoms with Crippen LogP contribution in [0.4, 0.5) is 5.69 Å². The molecule has 0 aliphatic carbocycles. The summed E-state index contributed by atoms with van der Waals surface area (Å²) in [4.78, 5) is 11.8. The van der Waals surface area contributed by atoms with Gasteiger partial charge in [0.15, 0.2) is 0 Å². The molecule has 0 heterocycles. The lowest BCUT2D eigenvalue weighted by Gasteiger charge is -2.05. The van der Waals surface area contributed by atoms with Crippen molar-refractivity contribution >= 4 is 64.1 Å². The molecule has 0 aliphatic rings. The maximum absolute atomic E-state index is 11.8. The Labute approximate surface area is 142 Å². The second kappa shape index (κ2) is 7.19. The van der Waals surface area contributed by atoms with Crippen LogP contribution >= 0.6 is 46.4 Å². The normalized spacial score (nSPS) is 10.9. The molecule has 1 N–H and O–H groups in total. The number of anilines is 1. The van der Waals surface area contributed by atoms with Crippen molar-refractivity contribution in [1.29, 1.82) is 0 Å². The maximum Gasteiger partial charge on any atom is 0.248 e. The van der Waals surface area contributed by atoms with Crippen LogP contribution in [0.1, 0.15) is 5.56 Å². The van der Waals surface area contributed by atoms with Crippen LogP contribution in [0.3, 0.4) is 0 Å². The highest BCUT2D eigenvalue weighted by atomic mass is 35.5. The van der Waals surface area contributed by atoms with Gasteiger partial charge in [0.25, 0.3) is 0 Å². The first kappa shape index (κ1) is 16.2. The van der Waals surface area contributed by atoms with Gasteiger partial charge >= 0.3 is 0 Å². The summed E-state index contributed by atoms with van der Waals surface area (Å²) < 4.78 is 0. The molecule has 21 heavy (non-hydrogen) atoms. The fraction of sp³-hybridized carbons (Fsp3) is 0. The van der Waals surface area contributed by atoms with Crippen LogP contribution in [0.2, 0.25) is 20.1 Å². The van der Waals surface area contributed by atoms with Crippen molar-refractivity contribution < 1.29 is 4.79 Å². The topological polar surface area (TPSA) is 29.1 Å². The molecule has 2 aromatic rings. The van der Waals surface area contributed by atoms with E-state index in [9.17, 15) is 4.79 Å². The number of amides is 1. The van der Waals surface area contributed by atoms with Gasteiger partial charge in [-0.2, -0.15) is 0 Å². The summed E-state index contributed by atoms with van der Waals surface area (Å²) in [6.45, 7) is 0. The van der Waals surface area contributed by atoms with E-state index in [1.807, 2.05) is 0 Å². The van der Waals surface area contributed by atoms with E-state index in [2.05, 4.69) is 5.32 Å². The molecular weight excluding hydrogens is 352 g/mol. The van der Waals surface area contributed by atoms with Crippen LogP contribution in [-0.4, -0.2) is 5.91 Å². The van der Waals surface area contributed by atoms with Crippen molar-refractivity contribution in [2.75, 3.05) is 5.32 Å². The minimum absolute atomic E-state index is 0.328. The van der Waals surface area contributed by atoms with Crippen molar-refractivity contribution in [3.63, 3.8) is 0 Å². The molecule has 0 radical (unpaired) electrons. The molecule has 1 amide bonds. The molecule has 108 valence electrons. The van der Waals surface area contributed by atoms with Crippen molar-refractivity contribution in [2.45, 2.75) is 0 Å². The minimum Gasteiger partial charge on any atom is -0.321 e. The van der Waals surface area contributed by atoms with Gasteiger partial charge in [0.2, 0.25) is 5.91 Å². The third-order valence-corrected chi connectivity index (χ3v) is 3.68. The van der Waals surface area contributed by atoms with Crippen molar-refractivity contribution in [3.8, 4) is 0 Å². The Hall–Kier alpha value is -1.19. The van der Waals surface area contributed by atoms with Crippen LogP contribution < -0.4 is 5.32 Å². The molecule has 2 aromatic carbocycles. The third kappa shape index (κ3) is 4.65. The predicted molar refractivity (Wildman–Crippen MR) is 90.6 cm³/mol. The van der Waals surface area contributed by atoms with Gasteiger partial charge < -0.3 is 5.32 Å². The molecule has 0 saturated carbocycles. The van der Waals surface area contributed by atoms with E-state index < -0.39 is 0 Å². The number of hydrogen-bond donors (Lipinski definition) is 1. The summed E-state index contributed by atoms with van der Waals surface area (Å²) in [7, 11) is 0. The average molecular weight is 361 g/mol. The number of rotatable bonds is 3. The predicted octanol–water partition coefficient (Wildman–Crippen LogP) is 5.95. The van der Waals surface area contributed by atoms with E-state index in [1.54, 1.807) is 42.5 Å². The van der Waals surface area contributed by atoms with Gasteiger partial charge in [0.1, 0.15) is 0 Å². The molecular formula is C15H9Cl4NO. The zero-order chi connectivity index (χ0) is 15.4. The highest BCUT2D eigenvalue weighted by Gasteiger charge is 2.04. The summed E-state index contributed by atoms with van der Waals surface area (Å²) in [5.41, 5.74) is 1.18. The van der Waals surface area contributed by atoms with Crippen LogP contribution in [-0.2, 0) is 4.79 Å². The first-order chi connectivity index (χ1) is 9.95. The number of hydrogen-bond acceptors (Lipinski definition) is 1. The van der Waals surface area contributed by atoms with E-state index in [4.69, 9.17) is 46.4 Å². The van der Waals surface area contributed by atoms with Crippen LogP contribution in [0, 0.1) is 0 Å². The van der Waals surface area contributed by atoms with Crippen molar-refractivity contribution in [3.05, 3.63) is 68.1 Å². The second-order valence-electron chi connectivity index (χ2n) is 4.11. The summed E-state index contributed by atoms with van der Waals surface area (Å²) in [5, 5.41) is 4.53. The lowest BCUT2D eigenvalue weighted by Crippen LogP contribution is -2.08. The van der Waals surface area contributed by atoms with Gasteiger partial charge in [-0.25, -0.2) is 0 Å². The maximum atomic E-state index is 11.8. The van der Waals surface area contributed by atoms with Crippen molar-refractivity contribution in [1.82, 2.24) is 0 Å². The fourth-order valence-electron chi connectivity index (χ4n) is 1.57. The number of halogens is 4. The monoisotopic (exact) mass is 359 g/mol. The van der Waals surface area contributed by atoms with E-state index in [1.165, 1.54) is 6.08 Å². The zero-order valence-electron chi connectivity index (χ0n) is 10.5.